The lowest BCUT2D eigenvalue weighted by Gasteiger charge is -2.24. The molecule has 1 amide bonds. The maximum absolute atomic E-state index is 13.2. The van der Waals surface area contributed by atoms with Crippen LogP contribution in [0.25, 0.3) is 0 Å². The molecule has 1 aromatic heterocycles. The van der Waals surface area contributed by atoms with E-state index in [1.54, 1.807) is 18.7 Å². The third kappa shape index (κ3) is 4.98. The van der Waals surface area contributed by atoms with Crippen LogP contribution in [0.15, 0.2) is 39.4 Å². The minimum Gasteiger partial charge on any atom is -0.324 e. The number of halogens is 1. The van der Waals surface area contributed by atoms with E-state index in [4.69, 9.17) is 0 Å². The Labute approximate surface area is 201 Å². The maximum Gasteiger partial charge on any atom is 0.252 e. The van der Waals surface area contributed by atoms with E-state index in [1.807, 2.05) is 0 Å². The van der Waals surface area contributed by atoms with E-state index < -0.39 is 37.8 Å². The molecule has 4 rings (SSSR count). The molecule has 2 aromatic rings. The zero-order valence-corrected chi connectivity index (χ0v) is 21.1. The Morgan fingerprint density at radius 1 is 1.06 bits per heavy atom. The number of carbonyl (C=O) groups excluding carboxylic acids is 1. The van der Waals surface area contributed by atoms with Crippen molar-refractivity contribution in [2.24, 2.45) is 0 Å². The summed E-state index contributed by atoms with van der Waals surface area (Å²) in [5.41, 5.74) is 0.362. The summed E-state index contributed by atoms with van der Waals surface area (Å²) >= 11 is 2.80. The van der Waals surface area contributed by atoms with Crippen molar-refractivity contribution in [1.82, 2.24) is 8.61 Å². The molecule has 0 bridgehead atoms. The Bertz CT molecular complexity index is 1240. The zero-order valence-electron chi connectivity index (χ0n) is 17.9. The Hall–Kier alpha value is -1.51. The third-order valence-electron chi connectivity index (χ3n) is 5.64. The van der Waals surface area contributed by atoms with E-state index in [-0.39, 0.29) is 15.6 Å². The van der Waals surface area contributed by atoms with Gasteiger partial charge in [-0.1, -0.05) is 0 Å². The average molecular weight is 534 g/mol. The predicted molar refractivity (Wildman–Crippen MR) is 127 cm³/mol. The summed E-state index contributed by atoms with van der Waals surface area (Å²) in [6, 6.07) is 5.00. The highest BCUT2D eigenvalue weighted by Crippen LogP contribution is 2.34. The second kappa shape index (κ2) is 9.62. The summed E-state index contributed by atoms with van der Waals surface area (Å²) in [6.45, 7) is 2.79. The molecule has 2 saturated heterocycles. The number of amides is 1. The fraction of sp³-hybridized carbons (Fsp3) is 0.450. The normalized spacial score (nSPS) is 20.7. The first kappa shape index (κ1) is 24.6. The van der Waals surface area contributed by atoms with Crippen LogP contribution in [0.1, 0.15) is 17.7 Å². The van der Waals surface area contributed by atoms with Gasteiger partial charge in [-0.05, 0) is 50.1 Å². The van der Waals surface area contributed by atoms with Crippen LogP contribution in [0.5, 0.6) is 0 Å². The number of nitrogens with one attached hydrogen (secondary N) is 1. The smallest absolute Gasteiger partial charge is 0.252 e. The van der Waals surface area contributed by atoms with Gasteiger partial charge in [-0.25, -0.2) is 21.2 Å². The van der Waals surface area contributed by atoms with Crippen LogP contribution >= 0.6 is 23.1 Å². The van der Waals surface area contributed by atoms with E-state index >= 15 is 0 Å². The zero-order chi connectivity index (χ0) is 23.8. The average Bonchev–Trinajstić information content (AvgIpc) is 3.43. The molecule has 1 aromatic carbocycles. The van der Waals surface area contributed by atoms with Crippen molar-refractivity contribution in [2.75, 3.05) is 36.5 Å². The number of carbonyl (C=O) groups is 1. The molecule has 13 heteroatoms. The standard InChI is InChI=1S/C20H24FN3O5S4/c1-14-17(13-19(31-14)33(28,29)23-9-11-30-12-10-23)22-20(25)18-3-2-8-24(18)32(26,27)16-6-4-15(21)5-7-16/h4-7,13,18H,2-3,8-12H2,1H3,(H,22,25)/t18-/m0/s1. The molecule has 8 nitrogen and oxygen atoms in total. The van der Waals surface area contributed by atoms with E-state index in [9.17, 15) is 26.0 Å². The molecule has 1 N–H and O–H groups in total. The van der Waals surface area contributed by atoms with Crippen molar-refractivity contribution < 1.29 is 26.0 Å². The number of hydrogen-bond acceptors (Lipinski definition) is 7. The van der Waals surface area contributed by atoms with Crippen molar-refractivity contribution in [3.8, 4) is 0 Å². The van der Waals surface area contributed by atoms with Crippen LogP contribution in [-0.4, -0.2) is 68.5 Å². The van der Waals surface area contributed by atoms with Gasteiger partial charge in [-0.2, -0.15) is 20.4 Å². The van der Waals surface area contributed by atoms with Crippen LogP contribution in [-0.2, 0) is 24.8 Å². The van der Waals surface area contributed by atoms with Crippen LogP contribution in [0, 0.1) is 12.7 Å². The van der Waals surface area contributed by atoms with Crippen LogP contribution in [0.4, 0.5) is 10.1 Å². The molecule has 2 aliphatic heterocycles. The van der Waals surface area contributed by atoms with E-state index in [0.717, 1.165) is 39.3 Å². The van der Waals surface area contributed by atoms with Gasteiger partial charge in [0, 0.05) is 36.0 Å². The molecular weight excluding hydrogens is 510 g/mol. The van der Waals surface area contributed by atoms with Crippen LogP contribution < -0.4 is 5.32 Å². The van der Waals surface area contributed by atoms with E-state index in [1.165, 1.54) is 22.5 Å². The minimum atomic E-state index is -3.98. The molecule has 0 spiro atoms. The molecule has 1 atom stereocenters. The van der Waals surface area contributed by atoms with Gasteiger partial charge in [0.05, 0.1) is 10.6 Å². The van der Waals surface area contributed by atoms with Crippen molar-refractivity contribution in [3.63, 3.8) is 0 Å². The van der Waals surface area contributed by atoms with Gasteiger partial charge in [-0.3, -0.25) is 4.79 Å². The fourth-order valence-electron chi connectivity index (χ4n) is 3.87. The largest absolute Gasteiger partial charge is 0.324 e. The third-order valence-corrected chi connectivity index (χ3v) is 11.9. The number of sulfonamides is 2. The van der Waals surface area contributed by atoms with Crippen molar-refractivity contribution in [2.45, 2.75) is 34.9 Å². The highest BCUT2D eigenvalue weighted by atomic mass is 32.2. The minimum absolute atomic E-state index is 0.0802. The Morgan fingerprint density at radius 3 is 2.39 bits per heavy atom. The Balaban J connectivity index is 1.53. The summed E-state index contributed by atoms with van der Waals surface area (Å²) in [4.78, 5) is 13.6. The Morgan fingerprint density at radius 2 is 1.73 bits per heavy atom. The topological polar surface area (TPSA) is 104 Å². The number of nitrogens with zero attached hydrogens (tertiary/aromatic N) is 2. The summed E-state index contributed by atoms with van der Waals surface area (Å²) in [6.07, 6.45) is 0.847. The lowest BCUT2D eigenvalue weighted by Crippen LogP contribution is -2.43. The quantitative estimate of drug-likeness (QED) is 0.613. The molecule has 0 unspecified atom stereocenters. The number of aryl methyl sites for hydroxylation is 1. The number of rotatable bonds is 6. The first-order chi connectivity index (χ1) is 15.6. The number of thiophene rings is 1. The van der Waals surface area contributed by atoms with Crippen molar-refractivity contribution in [3.05, 3.63) is 41.0 Å². The van der Waals surface area contributed by atoms with Gasteiger partial charge >= 0.3 is 0 Å². The number of benzene rings is 1. The molecule has 3 heterocycles. The maximum atomic E-state index is 13.2. The molecular formula is C20H24FN3O5S4. The molecule has 33 heavy (non-hydrogen) atoms. The lowest BCUT2D eigenvalue weighted by atomic mass is 10.2. The first-order valence-corrected chi connectivity index (χ1v) is 15.2. The van der Waals surface area contributed by atoms with Crippen molar-refractivity contribution >= 4 is 54.7 Å². The second-order valence-corrected chi connectivity index (χ2v) is 14.3. The van der Waals surface area contributed by atoms with Gasteiger partial charge < -0.3 is 5.32 Å². The molecule has 0 saturated carbocycles. The van der Waals surface area contributed by atoms with Gasteiger partial charge in [0.2, 0.25) is 15.9 Å². The second-order valence-electron chi connectivity index (χ2n) is 7.77. The monoisotopic (exact) mass is 533 g/mol. The summed E-state index contributed by atoms with van der Waals surface area (Å²) < 4.78 is 67.9. The highest BCUT2D eigenvalue weighted by molar-refractivity contribution is 7.99. The molecule has 180 valence electrons. The SMILES string of the molecule is Cc1sc(S(=O)(=O)N2CCSCC2)cc1NC(=O)[C@@H]1CCCN1S(=O)(=O)c1ccc(F)cc1. The summed E-state index contributed by atoms with van der Waals surface area (Å²) in [7, 11) is -7.62. The molecule has 2 aliphatic rings. The molecule has 2 fully saturated rings. The number of anilines is 1. The van der Waals surface area contributed by atoms with Crippen LogP contribution in [0.3, 0.4) is 0 Å². The molecule has 0 radical (unpaired) electrons. The first-order valence-electron chi connectivity index (χ1n) is 10.4. The lowest BCUT2D eigenvalue weighted by molar-refractivity contribution is -0.119. The summed E-state index contributed by atoms with van der Waals surface area (Å²) in [5, 5.41) is 2.73. The van der Waals surface area contributed by atoms with Gasteiger partial charge in [0.15, 0.2) is 0 Å². The van der Waals surface area contributed by atoms with Crippen molar-refractivity contribution in [1.29, 1.82) is 0 Å². The summed E-state index contributed by atoms with van der Waals surface area (Å²) in [5.74, 6) is 0.421. The highest BCUT2D eigenvalue weighted by Gasteiger charge is 2.40. The Kier molecular flexibility index (Phi) is 7.18. The molecule has 0 aliphatic carbocycles. The van der Waals surface area contributed by atoms with E-state index in [0.29, 0.717) is 36.5 Å². The van der Waals surface area contributed by atoms with Gasteiger partial charge in [0.25, 0.3) is 10.0 Å². The predicted octanol–water partition coefficient (Wildman–Crippen LogP) is 2.72. The fourth-order valence-corrected chi connectivity index (χ4v) is 9.65. The number of hydrogen-bond donors (Lipinski definition) is 1. The number of thioether (sulfide) groups is 1. The van der Waals surface area contributed by atoms with E-state index in [2.05, 4.69) is 5.32 Å². The van der Waals surface area contributed by atoms with Gasteiger partial charge in [-0.15, -0.1) is 11.3 Å². The van der Waals surface area contributed by atoms with Gasteiger partial charge in [0.1, 0.15) is 16.1 Å². The van der Waals surface area contributed by atoms with Crippen LogP contribution in [0.2, 0.25) is 0 Å².